The van der Waals surface area contributed by atoms with Gasteiger partial charge in [-0.2, -0.15) is 0 Å². The summed E-state index contributed by atoms with van der Waals surface area (Å²) in [6.45, 7) is 3.19. The van der Waals surface area contributed by atoms with E-state index in [1.165, 1.54) is 0 Å². The lowest BCUT2D eigenvalue weighted by Gasteiger charge is -2.43. The van der Waals surface area contributed by atoms with Gasteiger partial charge in [0.1, 0.15) is 0 Å². The second kappa shape index (κ2) is 4.14. The van der Waals surface area contributed by atoms with Crippen molar-refractivity contribution in [1.82, 2.24) is 15.5 Å². The first-order valence-corrected chi connectivity index (χ1v) is 5.13. The van der Waals surface area contributed by atoms with Crippen LogP contribution in [0.25, 0.3) is 0 Å². The van der Waals surface area contributed by atoms with Crippen molar-refractivity contribution in [1.29, 1.82) is 0 Å². The van der Waals surface area contributed by atoms with Crippen molar-refractivity contribution in [2.75, 3.05) is 33.3 Å². The number of urea groups is 1. The van der Waals surface area contributed by atoms with E-state index in [9.17, 15) is 4.79 Å². The zero-order valence-electron chi connectivity index (χ0n) is 8.45. The number of fused-ring (bicyclic) bond motifs is 1. The second-order valence-corrected chi connectivity index (χ2v) is 3.72. The molecule has 0 aromatic rings. The number of hydrogen-bond donors (Lipinski definition) is 2. The molecule has 0 spiro atoms. The van der Waals surface area contributed by atoms with Gasteiger partial charge in [-0.05, 0) is 13.0 Å². The molecule has 0 saturated carbocycles. The number of morpholine rings is 1. The maximum Gasteiger partial charge on any atom is 0.317 e. The monoisotopic (exact) mass is 199 g/mol. The Labute approximate surface area is 83.8 Å². The first-order valence-electron chi connectivity index (χ1n) is 5.13. The molecule has 2 amide bonds. The van der Waals surface area contributed by atoms with E-state index in [1.807, 2.05) is 4.90 Å². The maximum absolute atomic E-state index is 11.6. The smallest absolute Gasteiger partial charge is 0.317 e. The number of ether oxygens (including phenoxy) is 1. The topological polar surface area (TPSA) is 53.6 Å². The summed E-state index contributed by atoms with van der Waals surface area (Å²) in [7, 11) is 1.67. The van der Waals surface area contributed by atoms with E-state index in [4.69, 9.17) is 4.74 Å². The van der Waals surface area contributed by atoms with Crippen molar-refractivity contribution in [2.45, 2.75) is 18.6 Å². The quantitative estimate of drug-likeness (QED) is 0.547. The van der Waals surface area contributed by atoms with Gasteiger partial charge >= 0.3 is 6.03 Å². The predicted octanol–water partition coefficient (Wildman–Crippen LogP) is -0.611. The van der Waals surface area contributed by atoms with Crippen molar-refractivity contribution in [3.05, 3.63) is 0 Å². The Morgan fingerprint density at radius 1 is 1.64 bits per heavy atom. The molecule has 14 heavy (non-hydrogen) atoms. The van der Waals surface area contributed by atoms with Gasteiger partial charge < -0.3 is 20.3 Å². The van der Waals surface area contributed by atoms with Gasteiger partial charge in [-0.1, -0.05) is 0 Å². The molecular formula is C9H17N3O2. The summed E-state index contributed by atoms with van der Waals surface area (Å²) in [5.41, 5.74) is 0. The van der Waals surface area contributed by atoms with E-state index >= 15 is 0 Å². The molecule has 2 aliphatic heterocycles. The number of amides is 2. The van der Waals surface area contributed by atoms with Crippen molar-refractivity contribution >= 4 is 6.03 Å². The normalized spacial score (nSPS) is 32.2. The molecule has 2 unspecified atom stereocenters. The molecule has 0 aromatic heterocycles. The number of carbonyl (C=O) groups is 1. The van der Waals surface area contributed by atoms with Gasteiger partial charge in [0, 0.05) is 20.1 Å². The van der Waals surface area contributed by atoms with E-state index in [0.29, 0.717) is 13.2 Å². The van der Waals surface area contributed by atoms with Crippen LogP contribution in [-0.2, 0) is 4.74 Å². The van der Waals surface area contributed by atoms with Crippen LogP contribution in [0.15, 0.2) is 0 Å². The van der Waals surface area contributed by atoms with Gasteiger partial charge in [0.2, 0.25) is 0 Å². The highest BCUT2D eigenvalue weighted by molar-refractivity contribution is 5.74. The Kier molecular flexibility index (Phi) is 2.88. The molecular weight excluding hydrogens is 182 g/mol. The molecule has 2 aliphatic rings. The van der Waals surface area contributed by atoms with Crippen molar-refractivity contribution < 1.29 is 9.53 Å². The summed E-state index contributed by atoms with van der Waals surface area (Å²) < 4.78 is 5.65. The lowest BCUT2D eigenvalue weighted by Crippen LogP contribution is -2.62. The third kappa shape index (κ3) is 1.69. The van der Waals surface area contributed by atoms with Crippen LogP contribution >= 0.6 is 0 Å². The Morgan fingerprint density at radius 3 is 3.29 bits per heavy atom. The maximum atomic E-state index is 11.6. The second-order valence-electron chi connectivity index (χ2n) is 3.72. The van der Waals surface area contributed by atoms with Crippen LogP contribution in [-0.4, -0.2) is 56.4 Å². The van der Waals surface area contributed by atoms with Crippen molar-refractivity contribution in [3.63, 3.8) is 0 Å². The minimum atomic E-state index is 0.00648. The third-order valence-electron chi connectivity index (χ3n) is 2.93. The summed E-state index contributed by atoms with van der Waals surface area (Å²) in [4.78, 5) is 13.4. The Morgan fingerprint density at radius 2 is 2.50 bits per heavy atom. The molecule has 5 nitrogen and oxygen atoms in total. The zero-order chi connectivity index (χ0) is 9.97. The summed E-state index contributed by atoms with van der Waals surface area (Å²) in [6.07, 6.45) is 1.22. The molecule has 2 saturated heterocycles. The van der Waals surface area contributed by atoms with Crippen LogP contribution < -0.4 is 10.6 Å². The van der Waals surface area contributed by atoms with Crippen LogP contribution in [0, 0.1) is 0 Å². The highest BCUT2D eigenvalue weighted by Gasteiger charge is 2.36. The van der Waals surface area contributed by atoms with Crippen molar-refractivity contribution in [3.8, 4) is 0 Å². The Bertz CT molecular complexity index is 220. The van der Waals surface area contributed by atoms with Crippen LogP contribution in [0.2, 0.25) is 0 Å². The van der Waals surface area contributed by atoms with Gasteiger partial charge in [0.05, 0.1) is 18.8 Å². The molecule has 0 aliphatic carbocycles. The van der Waals surface area contributed by atoms with E-state index in [2.05, 4.69) is 10.6 Å². The summed E-state index contributed by atoms with van der Waals surface area (Å²) in [5, 5.41) is 5.96. The SMILES string of the molecule is CNC(=O)N1CCOC2CCNCC21. The molecule has 2 atom stereocenters. The number of carbonyl (C=O) groups excluding carboxylic acids is 1. The Balaban J connectivity index is 2.04. The van der Waals surface area contributed by atoms with Gasteiger partial charge in [-0.25, -0.2) is 4.79 Å². The van der Waals surface area contributed by atoms with Crippen LogP contribution in [0.3, 0.4) is 0 Å². The lowest BCUT2D eigenvalue weighted by atomic mass is 10.0. The van der Waals surface area contributed by atoms with Gasteiger partial charge in [0.15, 0.2) is 0 Å². The standard InChI is InChI=1S/C9H17N3O2/c1-10-9(13)12-4-5-14-8-2-3-11-6-7(8)12/h7-8,11H,2-6H2,1H3,(H,10,13). The highest BCUT2D eigenvalue weighted by atomic mass is 16.5. The zero-order valence-corrected chi connectivity index (χ0v) is 8.45. The molecule has 2 N–H and O–H groups in total. The van der Waals surface area contributed by atoms with Crippen molar-refractivity contribution in [2.24, 2.45) is 0 Å². The van der Waals surface area contributed by atoms with Gasteiger partial charge in [0.25, 0.3) is 0 Å². The lowest BCUT2D eigenvalue weighted by molar-refractivity contribution is -0.0654. The van der Waals surface area contributed by atoms with Crippen LogP contribution in [0.1, 0.15) is 6.42 Å². The summed E-state index contributed by atoms with van der Waals surface area (Å²) in [5.74, 6) is 0. The number of nitrogens with one attached hydrogen (secondary N) is 2. The first-order chi connectivity index (χ1) is 6.83. The number of hydrogen-bond acceptors (Lipinski definition) is 3. The van der Waals surface area contributed by atoms with E-state index in [1.54, 1.807) is 7.05 Å². The number of nitrogens with zero attached hydrogens (tertiary/aromatic N) is 1. The first kappa shape index (κ1) is 9.73. The fourth-order valence-corrected chi connectivity index (χ4v) is 2.19. The summed E-state index contributed by atoms with van der Waals surface area (Å²) in [6, 6.07) is 0.212. The average molecular weight is 199 g/mol. The molecule has 2 fully saturated rings. The Hall–Kier alpha value is -0.810. The molecule has 5 heteroatoms. The van der Waals surface area contributed by atoms with E-state index < -0.39 is 0 Å². The van der Waals surface area contributed by atoms with E-state index in [0.717, 1.165) is 19.5 Å². The highest BCUT2D eigenvalue weighted by Crippen LogP contribution is 2.18. The molecule has 0 radical (unpaired) electrons. The van der Waals surface area contributed by atoms with Gasteiger partial charge in [-0.15, -0.1) is 0 Å². The van der Waals surface area contributed by atoms with E-state index in [-0.39, 0.29) is 18.2 Å². The summed E-state index contributed by atoms with van der Waals surface area (Å²) >= 11 is 0. The predicted molar refractivity (Wildman–Crippen MR) is 52.2 cm³/mol. The minimum absolute atomic E-state index is 0.00648. The third-order valence-corrected chi connectivity index (χ3v) is 2.93. The molecule has 0 aromatic carbocycles. The molecule has 80 valence electrons. The number of piperidine rings is 1. The fraction of sp³-hybridized carbons (Fsp3) is 0.889. The average Bonchev–Trinajstić information content (AvgIpc) is 2.27. The largest absolute Gasteiger partial charge is 0.374 e. The van der Waals surface area contributed by atoms with Gasteiger partial charge in [-0.3, -0.25) is 0 Å². The molecule has 0 bridgehead atoms. The van der Waals surface area contributed by atoms with Crippen LogP contribution in [0.4, 0.5) is 4.79 Å². The van der Waals surface area contributed by atoms with Crippen LogP contribution in [0.5, 0.6) is 0 Å². The minimum Gasteiger partial charge on any atom is -0.374 e. The fourth-order valence-electron chi connectivity index (χ4n) is 2.19. The molecule has 2 rings (SSSR count). The molecule has 2 heterocycles. The number of rotatable bonds is 0.